The second-order valence-corrected chi connectivity index (χ2v) is 5.06. The number of nitrogens with zero attached hydrogens (tertiary/aromatic N) is 1. The van der Waals surface area contributed by atoms with Crippen molar-refractivity contribution in [3.05, 3.63) is 23.0 Å². The standard InChI is InChI=1S/C12H17ClN2O2/c1-15-7-9(13)5-10(15)12(17)14-6-8-3-2-4-11(8)16/h5,7-8,11,16H,2-4,6H2,1H3,(H,14,17). The molecule has 2 N–H and O–H groups in total. The zero-order valence-corrected chi connectivity index (χ0v) is 10.6. The van der Waals surface area contributed by atoms with Gasteiger partial charge in [-0.15, -0.1) is 0 Å². The lowest BCUT2D eigenvalue weighted by molar-refractivity contribution is 0.0909. The van der Waals surface area contributed by atoms with E-state index in [1.54, 1.807) is 23.9 Å². The molecule has 1 fully saturated rings. The molecule has 2 unspecified atom stereocenters. The summed E-state index contributed by atoms with van der Waals surface area (Å²) in [6, 6.07) is 1.64. The number of hydrogen-bond acceptors (Lipinski definition) is 2. The van der Waals surface area contributed by atoms with Gasteiger partial charge < -0.3 is 15.0 Å². The maximum absolute atomic E-state index is 11.9. The summed E-state index contributed by atoms with van der Waals surface area (Å²) in [5.74, 6) is 0.0493. The zero-order chi connectivity index (χ0) is 12.4. The van der Waals surface area contributed by atoms with Crippen LogP contribution in [0.4, 0.5) is 0 Å². The summed E-state index contributed by atoms with van der Waals surface area (Å²) in [7, 11) is 1.78. The molecule has 17 heavy (non-hydrogen) atoms. The van der Waals surface area contributed by atoms with Gasteiger partial charge in [-0.2, -0.15) is 0 Å². The van der Waals surface area contributed by atoms with Gasteiger partial charge in [0.15, 0.2) is 0 Å². The monoisotopic (exact) mass is 256 g/mol. The topological polar surface area (TPSA) is 54.3 Å². The maximum atomic E-state index is 11.9. The summed E-state index contributed by atoms with van der Waals surface area (Å²) in [5, 5.41) is 13.1. The van der Waals surface area contributed by atoms with Crippen molar-refractivity contribution in [3.63, 3.8) is 0 Å². The van der Waals surface area contributed by atoms with Gasteiger partial charge >= 0.3 is 0 Å². The van der Waals surface area contributed by atoms with Gasteiger partial charge in [0.1, 0.15) is 5.69 Å². The SMILES string of the molecule is Cn1cc(Cl)cc1C(=O)NCC1CCCC1O. The van der Waals surface area contributed by atoms with Crippen LogP contribution < -0.4 is 5.32 Å². The van der Waals surface area contributed by atoms with E-state index in [-0.39, 0.29) is 17.9 Å². The van der Waals surface area contributed by atoms with Crippen molar-refractivity contribution in [3.8, 4) is 0 Å². The molecule has 0 spiro atoms. The first-order valence-corrected chi connectivity index (χ1v) is 6.24. The van der Waals surface area contributed by atoms with Crippen molar-refractivity contribution in [1.82, 2.24) is 9.88 Å². The van der Waals surface area contributed by atoms with E-state index in [4.69, 9.17) is 11.6 Å². The summed E-state index contributed by atoms with van der Waals surface area (Å²) < 4.78 is 1.70. The normalized spacial score (nSPS) is 23.9. The number of hydrogen-bond donors (Lipinski definition) is 2. The Kier molecular flexibility index (Phi) is 3.74. The summed E-state index contributed by atoms with van der Waals surface area (Å²) in [4.78, 5) is 11.9. The molecule has 1 amide bonds. The van der Waals surface area contributed by atoms with Crippen LogP contribution in [0.25, 0.3) is 0 Å². The van der Waals surface area contributed by atoms with Crippen LogP contribution in [0.1, 0.15) is 29.8 Å². The molecule has 1 aromatic heterocycles. The Bertz CT molecular complexity index is 417. The average molecular weight is 257 g/mol. The van der Waals surface area contributed by atoms with Crippen LogP contribution in [0.5, 0.6) is 0 Å². The second-order valence-electron chi connectivity index (χ2n) is 4.62. The highest BCUT2D eigenvalue weighted by atomic mass is 35.5. The number of aryl methyl sites for hydroxylation is 1. The first kappa shape index (κ1) is 12.5. The molecule has 1 aliphatic rings. The minimum atomic E-state index is -0.271. The molecular formula is C12H17ClN2O2. The van der Waals surface area contributed by atoms with E-state index in [9.17, 15) is 9.90 Å². The lowest BCUT2D eigenvalue weighted by Gasteiger charge is -2.15. The minimum Gasteiger partial charge on any atom is -0.393 e. The van der Waals surface area contributed by atoms with Crippen LogP contribution in [0.2, 0.25) is 5.02 Å². The first-order chi connectivity index (χ1) is 8.08. The van der Waals surface area contributed by atoms with E-state index in [1.165, 1.54) is 0 Å². The molecule has 1 aromatic rings. The van der Waals surface area contributed by atoms with Crippen LogP contribution in [0.3, 0.4) is 0 Å². The van der Waals surface area contributed by atoms with Crippen molar-refractivity contribution in [2.45, 2.75) is 25.4 Å². The van der Waals surface area contributed by atoms with Gasteiger partial charge in [-0.3, -0.25) is 4.79 Å². The third-order valence-corrected chi connectivity index (χ3v) is 3.55. The van der Waals surface area contributed by atoms with E-state index in [2.05, 4.69) is 5.32 Å². The molecule has 94 valence electrons. The molecule has 0 bridgehead atoms. The highest BCUT2D eigenvalue weighted by Gasteiger charge is 2.25. The number of aliphatic hydroxyl groups is 1. The minimum absolute atomic E-state index is 0.140. The molecule has 5 heteroatoms. The molecule has 1 heterocycles. The summed E-state index contributed by atoms with van der Waals surface area (Å²) in [6.45, 7) is 0.531. The fraction of sp³-hybridized carbons (Fsp3) is 0.583. The van der Waals surface area contributed by atoms with Crippen LogP contribution in [0, 0.1) is 5.92 Å². The van der Waals surface area contributed by atoms with Gasteiger partial charge in [-0.25, -0.2) is 0 Å². The van der Waals surface area contributed by atoms with Gasteiger partial charge in [0.05, 0.1) is 11.1 Å². The molecule has 1 saturated carbocycles. The van der Waals surface area contributed by atoms with Crippen molar-refractivity contribution in [2.24, 2.45) is 13.0 Å². The van der Waals surface area contributed by atoms with E-state index < -0.39 is 0 Å². The smallest absolute Gasteiger partial charge is 0.267 e. The van der Waals surface area contributed by atoms with Crippen LogP contribution >= 0.6 is 11.6 Å². The fourth-order valence-electron chi connectivity index (χ4n) is 2.32. The molecule has 0 saturated heterocycles. The van der Waals surface area contributed by atoms with E-state index in [1.807, 2.05) is 0 Å². The van der Waals surface area contributed by atoms with Gasteiger partial charge in [0.2, 0.25) is 0 Å². The Morgan fingerprint density at radius 3 is 2.94 bits per heavy atom. The van der Waals surface area contributed by atoms with Crippen molar-refractivity contribution in [2.75, 3.05) is 6.54 Å². The van der Waals surface area contributed by atoms with Crippen LogP contribution in [-0.2, 0) is 7.05 Å². The number of aliphatic hydroxyl groups excluding tert-OH is 1. The molecule has 0 aromatic carbocycles. The van der Waals surface area contributed by atoms with Crippen molar-refractivity contribution < 1.29 is 9.90 Å². The number of rotatable bonds is 3. The summed E-state index contributed by atoms with van der Waals surface area (Å²) in [5.41, 5.74) is 0.544. The van der Waals surface area contributed by atoms with Gasteiger partial charge in [0, 0.05) is 25.7 Å². The Labute approximate surface area is 106 Å². The van der Waals surface area contributed by atoms with E-state index in [0.29, 0.717) is 17.3 Å². The maximum Gasteiger partial charge on any atom is 0.267 e. The Morgan fingerprint density at radius 2 is 2.41 bits per heavy atom. The fourth-order valence-corrected chi connectivity index (χ4v) is 2.57. The van der Waals surface area contributed by atoms with Gasteiger partial charge in [-0.1, -0.05) is 18.0 Å². The number of amides is 1. The molecule has 0 radical (unpaired) electrons. The van der Waals surface area contributed by atoms with Gasteiger partial charge in [-0.05, 0) is 18.9 Å². The molecule has 2 rings (SSSR count). The Morgan fingerprint density at radius 1 is 1.65 bits per heavy atom. The van der Waals surface area contributed by atoms with Gasteiger partial charge in [0.25, 0.3) is 5.91 Å². The van der Waals surface area contributed by atoms with E-state index >= 15 is 0 Å². The third kappa shape index (κ3) is 2.82. The predicted octanol–water partition coefficient (Wildman–Crippen LogP) is 1.57. The number of carbonyl (C=O) groups excluding carboxylic acids is 1. The van der Waals surface area contributed by atoms with Crippen molar-refractivity contribution in [1.29, 1.82) is 0 Å². The molecule has 2 atom stereocenters. The predicted molar refractivity (Wildman–Crippen MR) is 66.1 cm³/mol. The Hall–Kier alpha value is -1.00. The zero-order valence-electron chi connectivity index (χ0n) is 9.82. The van der Waals surface area contributed by atoms with Crippen molar-refractivity contribution >= 4 is 17.5 Å². The lowest BCUT2D eigenvalue weighted by atomic mass is 10.1. The number of carbonyl (C=O) groups is 1. The first-order valence-electron chi connectivity index (χ1n) is 5.86. The highest BCUT2D eigenvalue weighted by Crippen LogP contribution is 2.24. The number of halogens is 1. The molecule has 4 nitrogen and oxygen atoms in total. The quantitative estimate of drug-likeness (QED) is 0.863. The number of aromatic nitrogens is 1. The Balaban J connectivity index is 1.91. The summed E-state index contributed by atoms with van der Waals surface area (Å²) >= 11 is 5.82. The molecule has 0 aliphatic heterocycles. The molecule has 1 aliphatic carbocycles. The summed E-state index contributed by atoms with van der Waals surface area (Å²) in [6.07, 6.45) is 4.29. The van der Waals surface area contributed by atoms with E-state index in [0.717, 1.165) is 19.3 Å². The average Bonchev–Trinajstić information content (AvgIpc) is 2.81. The lowest BCUT2D eigenvalue weighted by Crippen LogP contribution is -2.33. The third-order valence-electron chi connectivity index (χ3n) is 3.35. The highest BCUT2D eigenvalue weighted by molar-refractivity contribution is 6.31. The van der Waals surface area contributed by atoms with Crippen LogP contribution in [0.15, 0.2) is 12.3 Å². The molecular weight excluding hydrogens is 240 g/mol. The number of nitrogens with one attached hydrogen (secondary N) is 1. The second kappa shape index (κ2) is 5.10. The van der Waals surface area contributed by atoms with Crippen LogP contribution in [-0.4, -0.2) is 28.2 Å². The largest absolute Gasteiger partial charge is 0.393 e.